The molecule has 1 aliphatic heterocycles. The van der Waals surface area contributed by atoms with E-state index in [0.717, 1.165) is 11.3 Å². The van der Waals surface area contributed by atoms with Gasteiger partial charge in [-0.25, -0.2) is 4.98 Å². The van der Waals surface area contributed by atoms with Gasteiger partial charge in [0, 0.05) is 12.7 Å². The maximum absolute atomic E-state index is 12.2. The van der Waals surface area contributed by atoms with Gasteiger partial charge < -0.3 is 19.5 Å². The summed E-state index contributed by atoms with van der Waals surface area (Å²) in [5.74, 6) is 1.51. The minimum absolute atomic E-state index is 0.236. The third kappa shape index (κ3) is 2.95. The third-order valence-electron chi connectivity index (χ3n) is 3.27. The van der Waals surface area contributed by atoms with Gasteiger partial charge in [0.2, 0.25) is 5.88 Å². The van der Waals surface area contributed by atoms with Crippen LogP contribution in [0.4, 0.5) is 0 Å². The number of benzene rings is 1. The van der Waals surface area contributed by atoms with Crippen molar-refractivity contribution < 1.29 is 19.0 Å². The molecule has 2 aromatic rings. The molecule has 3 rings (SSSR count). The molecule has 1 N–H and O–H groups in total. The molecule has 0 spiro atoms. The number of carbonyl (C=O) groups excluding carboxylic acids is 1. The number of hydrogen-bond acceptors (Lipinski definition) is 5. The zero-order chi connectivity index (χ0) is 15.4. The van der Waals surface area contributed by atoms with Crippen LogP contribution in [0.1, 0.15) is 15.9 Å². The van der Waals surface area contributed by atoms with Crippen molar-refractivity contribution in [2.75, 3.05) is 20.3 Å². The van der Waals surface area contributed by atoms with Crippen LogP contribution in [-0.4, -0.2) is 31.2 Å². The van der Waals surface area contributed by atoms with Crippen LogP contribution in [0, 0.1) is 0 Å². The van der Waals surface area contributed by atoms with E-state index in [1.165, 1.54) is 7.11 Å². The molecule has 2 heterocycles. The first kappa shape index (κ1) is 14.2. The summed E-state index contributed by atoms with van der Waals surface area (Å²) in [7, 11) is 1.49. The topological polar surface area (TPSA) is 69.7 Å². The summed E-state index contributed by atoms with van der Waals surface area (Å²) in [5, 5.41) is 2.84. The fraction of sp³-hybridized carbons (Fsp3) is 0.250. The van der Waals surface area contributed by atoms with E-state index in [-0.39, 0.29) is 5.91 Å². The number of nitrogens with one attached hydrogen (secondary N) is 1. The molecule has 0 bridgehead atoms. The van der Waals surface area contributed by atoms with Gasteiger partial charge in [-0.3, -0.25) is 4.79 Å². The van der Waals surface area contributed by atoms with E-state index < -0.39 is 0 Å². The lowest BCUT2D eigenvalue weighted by atomic mass is 10.2. The van der Waals surface area contributed by atoms with Crippen molar-refractivity contribution >= 4 is 5.91 Å². The smallest absolute Gasteiger partial charge is 0.257 e. The van der Waals surface area contributed by atoms with E-state index in [1.807, 2.05) is 18.2 Å². The summed E-state index contributed by atoms with van der Waals surface area (Å²) in [5.41, 5.74) is 1.34. The van der Waals surface area contributed by atoms with Crippen LogP contribution >= 0.6 is 0 Å². The number of aromatic nitrogens is 1. The Hall–Kier alpha value is -2.76. The molecule has 0 saturated heterocycles. The minimum Gasteiger partial charge on any atom is -0.486 e. The van der Waals surface area contributed by atoms with Crippen molar-refractivity contribution in [3.63, 3.8) is 0 Å². The highest BCUT2D eigenvalue weighted by molar-refractivity contribution is 5.96. The van der Waals surface area contributed by atoms with Crippen molar-refractivity contribution in [1.82, 2.24) is 10.3 Å². The van der Waals surface area contributed by atoms with Gasteiger partial charge in [-0.1, -0.05) is 6.07 Å². The Bertz CT molecular complexity index is 688. The van der Waals surface area contributed by atoms with Crippen molar-refractivity contribution in [2.45, 2.75) is 6.54 Å². The van der Waals surface area contributed by atoms with Crippen LogP contribution in [0.2, 0.25) is 0 Å². The predicted molar refractivity (Wildman–Crippen MR) is 79.4 cm³/mol. The van der Waals surface area contributed by atoms with Crippen LogP contribution in [0.5, 0.6) is 17.4 Å². The van der Waals surface area contributed by atoms with E-state index in [2.05, 4.69) is 10.3 Å². The van der Waals surface area contributed by atoms with Gasteiger partial charge >= 0.3 is 0 Å². The van der Waals surface area contributed by atoms with E-state index in [1.54, 1.807) is 18.3 Å². The lowest BCUT2D eigenvalue weighted by molar-refractivity contribution is 0.0947. The number of methoxy groups -OCH3 is 1. The summed E-state index contributed by atoms with van der Waals surface area (Å²) >= 11 is 0. The van der Waals surface area contributed by atoms with Crippen molar-refractivity contribution in [3.8, 4) is 17.4 Å². The van der Waals surface area contributed by atoms with Crippen LogP contribution in [0.3, 0.4) is 0 Å². The fourth-order valence-corrected chi connectivity index (χ4v) is 2.20. The quantitative estimate of drug-likeness (QED) is 0.932. The number of ether oxygens (including phenoxy) is 3. The van der Waals surface area contributed by atoms with Gasteiger partial charge in [0.05, 0.1) is 7.11 Å². The monoisotopic (exact) mass is 300 g/mol. The molecule has 1 amide bonds. The Kier molecular flexibility index (Phi) is 4.09. The number of rotatable bonds is 4. The zero-order valence-electron chi connectivity index (χ0n) is 12.2. The lowest BCUT2D eigenvalue weighted by Gasteiger charge is -2.19. The number of carbonyl (C=O) groups is 1. The summed E-state index contributed by atoms with van der Waals surface area (Å²) in [6.07, 6.45) is 1.58. The van der Waals surface area contributed by atoms with Gasteiger partial charge in [-0.15, -0.1) is 0 Å². The molecule has 0 radical (unpaired) electrons. The molecule has 0 atom stereocenters. The van der Waals surface area contributed by atoms with E-state index >= 15 is 0 Å². The van der Waals surface area contributed by atoms with Crippen molar-refractivity contribution in [3.05, 3.63) is 47.7 Å². The Morgan fingerprint density at radius 3 is 2.91 bits per heavy atom. The van der Waals surface area contributed by atoms with E-state index in [0.29, 0.717) is 37.0 Å². The molecule has 0 aliphatic carbocycles. The number of nitrogens with zero attached hydrogens (tertiary/aromatic N) is 1. The molecule has 6 heteroatoms. The second-order valence-corrected chi connectivity index (χ2v) is 4.72. The fourth-order valence-electron chi connectivity index (χ4n) is 2.20. The van der Waals surface area contributed by atoms with Crippen LogP contribution < -0.4 is 19.5 Å². The standard InChI is InChI=1S/C16H16N2O4/c1-20-16-12(3-2-6-17-16)15(19)18-10-11-4-5-13-14(9-11)22-8-7-21-13/h2-6,9H,7-8,10H2,1H3,(H,18,19). The molecule has 0 saturated carbocycles. The maximum Gasteiger partial charge on any atom is 0.257 e. The highest BCUT2D eigenvalue weighted by Gasteiger charge is 2.14. The highest BCUT2D eigenvalue weighted by atomic mass is 16.6. The lowest BCUT2D eigenvalue weighted by Crippen LogP contribution is -2.24. The molecule has 0 fully saturated rings. The van der Waals surface area contributed by atoms with Gasteiger partial charge in [-0.2, -0.15) is 0 Å². The average Bonchev–Trinajstić information content (AvgIpc) is 2.59. The van der Waals surface area contributed by atoms with Gasteiger partial charge in [0.15, 0.2) is 11.5 Å². The van der Waals surface area contributed by atoms with Gasteiger partial charge in [0.25, 0.3) is 5.91 Å². The first-order valence-corrected chi connectivity index (χ1v) is 6.93. The Morgan fingerprint density at radius 2 is 2.09 bits per heavy atom. The Morgan fingerprint density at radius 1 is 1.27 bits per heavy atom. The summed E-state index contributed by atoms with van der Waals surface area (Å²) in [4.78, 5) is 16.2. The summed E-state index contributed by atoms with van der Waals surface area (Å²) in [6.45, 7) is 1.48. The number of pyridine rings is 1. The van der Waals surface area contributed by atoms with Crippen LogP contribution in [0.25, 0.3) is 0 Å². The first-order chi connectivity index (χ1) is 10.8. The highest BCUT2D eigenvalue weighted by Crippen LogP contribution is 2.30. The number of amides is 1. The van der Waals surface area contributed by atoms with Crippen molar-refractivity contribution in [2.24, 2.45) is 0 Å². The molecular weight excluding hydrogens is 284 g/mol. The van der Waals surface area contributed by atoms with Crippen molar-refractivity contribution in [1.29, 1.82) is 0 Å². The van der Waals surface area contributed by atoms with Gasteiger partial charge in [-0.05, 0) is 29.8 Å². The summed E-state index contributed by atoms with van der Waals surface area (Å²) < 4.78 is 16.1. The average molecular weight is 300 g/mol. The molecule has 114 valence electrons. The molecule has 1 aromatic carbocycles. The first-order valence-electron chi connectivity index (χ1n) is 6.93. The Balaban J connectivity index is 1.68. The molecule has 1 aliphatic rings. The maximum atomic E-state index is 12.2. The largest absolute Gasteiger partial charge is 0.486 e. The second kappa shape index (κ2) is 6.34. The summed E-state index contributed by atoms with van der Waals surface area (Å²) in [6, 6.07) is 8.98. The zero-order valence-corrected chi connectivity index (χ0v) is 12.2. The number of fused-ring (bicyclic) bond motifs is 1. The molecule has 0 unspecified atom stereocenters. The minimum atomic E-state index is -0.236. The number of hydrogen-bond donors (Lipinski definition) is 1. The van der Waals surface area contributed by atoms with Crippen LogP contribution in [-0.2, 0) is 6.54 Å². The third-order valence-corrected chi connectivity index (χ3v) is 3.27. The molecule has 1 aromatic heterocycles. The SMILES string of the molecule is COc1ncccc1C(=O)NCc1ccc2c(c1)OCCO2. The molecule has 22 heavy (non-hydrogen) atoms. The normalized spacial score (nSPS) is 12.6. The molecule has 6 nitrogen and oxygen atoms in total. The van der Waals surface area contributed by atoms with Crippen LogP contribution in [0.15, 0.2) is 36.5 Å². The van der Waals surface area contributed by atoms with E-state index in [9.17, 15) is 4.79 Å². The second-order valence-electron chi connectivity index (χ2n) is 4.72. The Labute approximate surface area is 128 Å². The molecular formula is C16H16N2O4. The van der Waals surface area contributed by atoms with E-state index in [4.69, 9.17) is 14.2 Å². The van der Waals surface area contributed by atoms with Gasteiger partial charge in [0.1, 0.15) is 18.8 Å². The predicted octanol–water partition coefficient (Wildman–Crippen LogP) is 1.79.